The van der Waals surface area contributed by atoms with Gasteiger partial charge in [0.25, 0.3) is 0 Å². The summed E-state index contributed by atoms with van der Waals surface area (Å²) in [7, 11) is 0. The van der Waals surface area contributed by atoms with Crippen molar-refractivity contribution in [3.63, 3.8) is 0 Å². The SMILES string of the molecule is CC(O)CN(CC(O)Nc1ccccc1)c1ccccc1. The maximum atomic E-state index is 10.2. The Balaban J connectivity index is 2.01. The van der Waals surface area contributed by atoms with Crippen LogP contribution in [0.5, 0.6) is 0 Å². The van der Waals surface area contributed by atoms with E-state index >= 15 is 0 Å². The van der Waals surface area contributed by atoms with Gasteiger partial charge in [0.2, 0.25) is 0 Å². The zero-order valence-corrected chi connectivity index (χ0v) is 12.2. The molecule has 0 aliphatic carbocycles. The largest absolute Gasteiger partial charge is 0.392 e. The lowest BCUT2D eigenvalue weighted by Gasteiger charge is -2.29. The molecule has 112 valence electrons. The van der Waals surface area contributed by atoms with E-state index in [1.54, 1.807) is 6.92 Å². The highest BCUT2D eigenvalue weighted by molar-refractivity contribution is 5.47. The molecule has 0 fully saturated rings. The second-order valence-corrected chi connectivity index (χ2v) is 5.12. The number of para-hydroxylation sites is 2. The molecule has 0 radical (unpaired) electrons. The van der Waals surface area contributed by atoms with E-state index in [4.69, 9.17) is 0 Å². The first-order valence-electron chi connectivity index (χ1n) is 7.13. The fourth-order valence-corrected chi connectivity index (χ4v) is 2.22. The van der Waals surface area contributed by atoms with Gasteiger partial charge in [0.05, 0.1) is 12.6 Å². The molecule has 2 aromatic carbocycles. The van der Waals surface area contributed by atoms with Crippen molar-refractivity contribution in [2.75, 3.05) is 23.3 Å². The Morgan fingerprint density at radius 1 is 0.905 bits per heavy atom. The zero-order chi connectivity index (χ0) is 15.1. The van der Waals surface area contributed by atoms with Crippen LogP contribution in [0.3, 0.4) is 0 Å². The average molecular weight is 286 g/mol. The summed E-state index contributed by atoms with van der Waals surface area (Å²) in [6.45, 7) is 2.61. The number of aliphatic hydroxyl groups excluding tert-OH is 2. The number of nitrogens with one attached hydrogen (secondary N) is 1. The summed E-state index contributed by atoms with van der Waals surface area (Å²) in [6.07, 6.45) is -1.18. The minimum Gasteiger partial charge on any atom is -0.392 e. The summed E-state index contributed by atoms with van der Waals surface area (Å²) in [6, 6.07) is 19.4. The van der Waals surface area contributed by atoms with Crippen LogP contribution >= 0.6 is 0 Å². The van der Waals surface area contributed by atoms with Gasteiger partial charge in [-0.1, -0.05) is 36.4 Å². The normalized spacial score (nSPS) is 13.5. The van der Waals surface area contributed by atoms with Gasteiger partial charge in [-0.3, -0.25) is 0 Å². The lowest BCUT2D eigenvalue weighted by atomic mass is 10.2. The molecule has 2 rings (SSSR count). The molecule has 0 heterocycles. The minimum absolute atomic E-state index is 0.393. The van der Waals surface area contributed by atoms with Crippen molar-refractivity contribution < 1.29 is 10.2 Å². The third-order valence-electron chi connectivity index (χ3n) is 3.11. The molecular formula is C17H22N2O2. The van der Waals surface area contributed by atoms with Gasteiger partial charge < -0.3 is 20.4 Å². The smallest absolute Gasteiger partial charge is 0.142 e. The van der Waals surface area contributed by atoms with E-state index in [1.165, 1.54) is 0 Å². The third kappa shape index (κ3) is 5.10. The van der Waals surface area contributed by atoms with E-state index in [0.29, 0.717) is 13.1 Å². The van der Waals surface area contributed by atoms with Gasteiger partial charge in [0.15, 0.2) is 0 Å². The van der Waals surface area contributed by atoms with Crippen molar-refractivity contribution in [1.82, 2.24) is 0 Å². The Morgan fingerprint density at radius 2 is 1.48 bits per heavy atom. The number of hydrogen-bond donors (Lipinski definition) is 3. The molecule has 3 N–H and O–H groups in total. The zero-order valence-electron chi connectivity index (χ0n) is 12.2. The molecule has 21 heavy (non-hydrogen) atoms. The van der Waals surface area contributed by atoms with Gasteiger partial charge in [0.1, 0.15) is 6.23 Å². The molecule has 2 unspecified atom stereocenters. The van der Waals surface area contributed by atoms with Crippen LogP contribution in [-0.2, 0) is 0 Å². The predicted molar refractivity (Wildman–Crippen MR) is 86.4 cm³/mol. The Labute approximate surface area is 125 Å². The number of hydrogen-bond acceptors (Lipinski definition) is 4. The van der Waals surface area contributed by atoms with Gasteiger partial charge in [-0.2, -0.15) is 0 Å². The molecular weight excluding hydrogens is 264 g/mol. The van der Waals surface area contributed by atoms with Gasteiger partial charge in [-0.05, 0) is 31.2 Å². The molecule has 0 aromatic heterocycles. The number of aliphatic hydroxyl groups is 2. The summed E-state index contributed by atoms with van der Waals surface area (Å²) in [4.78, 5) is 1.96. The van der Waals surface area contributed by atoms with E-state index in [2.05, 4.69) is 5.32 Å². The van der Waals surface area contributed by atoms with Crippen LogP contribution in [-0.4, -0.2) is 35.6 Å². The molecule has 0 aliphatic rings. The maximum absolute atomic E-state index is 10.2. The third-order valence-corrected chi connectivity index (χ3v) is 3.11. The van der Waals surface area contributed by atoms with Crippen LogP contribution < -0.4 is 10.2 Å². The topological polar surface area (TPSA) is 55.7 Å². The van der Waals surface area contributed by atoms with E-state index in [-0.39, 0.29) is 0 Å². The summed E-state index contributed by atoms with van der Waals surface area (Å²) < 4.78 is 0. The van der Waals surface area contributed by atoms with Crippen molar-refractivity contribution >= 4 is 11.4 Å². The van der Waals surface area contributed by atoms with Crippen molar-refractivity contribution in [3.8, 4) is 0 Å². The molecule has 0 bridgehead atoms. The first-order chi connectivity index (χ1) is 10.1. The molecule has 0 aliphatic heterocycles. The fourth-order valence-electron chi connectivity index (χ4n) is 2.22. The highest BCUT2D eigenvalue weighted by atomic mass is 16.3. The van der Waals surface area contributed by atoms with Crippen LogP contribution in [0.2, 0.25) is 0 Å². The highest BCUT2D eigenvalue weighted by Gasteiger charge is 2.14. The Bertz CT molecular complexity index is 517. The number of nitrogens with zero attached hydrogens (tertiary/aromatic N) is 1. The van der Waals surface area contributed by atoms with Crippen LogP contribution in [0.4, 0.5) is 11.4 Å². The van der Waals surface area contributed by atoms with Gasteiger partial charge in [0, 0.05) is 17.9 Å². The first-order valence-corrected chi connectivity index (χ1v) is 7.13. The Kier molecular flexibility index (Phi) is 5.60. The quantitative estimate of drug-likeness (QED) is 0.684. The van der Waals surface area contributed by atoms with Crippen molar-refractivity contribution in [1.29, 1.82) is 0 Å². The second-order valence-electron chi connectivity index (χ2n) is 5.12. The van der Waals surface area contributed by atoms with Crippen LogP contribution in [0.15, 0.2) is 60.7 Å². The van der Waals surface area contributed by atoms with E-state index in [9.17, 15) is 10.2 Å². The molecule has 2 atom stereocenters. The van der Waals surface area contributed by atoms with Crippen molar-refractivity contribution in [3.05, 3.63) is 60.7 Å². The molecule has 2 aromatic rings. The van der Waals surface area contributed by atoms with Crippen molar-refractivity contribution in [2.45, 2.75) is 19.3 Å². The number of anilines is 2. The minimum atomic E-state index is -0.716. The second kappa shape index (κ2) is 7.67. The van der Waals surface area contributed by atoms with Gasteiger partial charge >= 0.3 is 0 Å². The van der Waals surface area contributed by atoms with Gasteiger partial charge in [-0.15, -0.1) is 0 Å². The maximum Gasteiger partial charge on any atom is 0.142 e. The van der Waals surface area contributed by atoms with Crippen LogP contribution in [0.25, 0.3) is 0 Å². The lowest BCUT2D eigenvalue weighted by Crippen LogP contribution is -2.40. The molecule has 0 saturated heterocycles. The van der Waals surface area contributed by atoms with E-state index < -0.39 is 12.3 Å². The van der Waals surface area contributed by atoms with Crippen molar-refractivity contribution in [2.24, 2.45) is 0 Å². The lowest BCUT2D eigenvalue weighted by molar-refractivity contribution is 0.182. The summed E-state index contributed by atoms with van der Waals surface area (Å²) in [5.41, 5.74) is 1.85. The van der Waals surface area contributed by atoms with E-state index in [0.717, 1.165) is 11.4 Å². The molecule has 0 spiro atoms. The standard InChI is InChI=1S/C17H22N2O2/c1-14(20)12-19(16-10-6-3-7-11-16)13-17(21)18-15-8-4-2-5-9-15/h2-11,14,17-18,20-21H,12-13H2,1H3. The highest BCUT2D eigenvalue weighted by Crippen LogP contribution is 2.15. The Hall–Kier alpha value is -2.04. The summed E-state index contributed by atoms with van der Waals surface area (Å²) in [5.74, 6) is 0. The Morgan fingerprint density at radius 3 is 2.05 bits per heavy atom. The van der Waals surface area contributed by atoms with E-state index in [1.807, 2.05) is 65.6 Å². The monoisotopic (exact) mass is 286 g/mol. The van der Waals surface area contributed by atoms with Crippen LogP contribution in [0, 0.1) is 0 Å². The summed E-state index contributed by atoms with van der Waals surface area (Å²) in [5, 5.41) is 22.9. The fraction of sp³-hybridized carbons (Fsp3) is 0.294. The molecule has 4 heteroatoms. The van der Waals surface area contributed by atoms with Gasteiger partial charge in [-0.25, -0.2) is 0 Å². The van der Waals surface area contributed by atoms with Crippen LogP contribution in [0.1, 0.15) is 6.92 Å². The molecule has 0 saturated carbocycles. The summed E-state index contributed by atoms with van der Waals surface area (Å²) >= 11 is 0. The first kappa shape index (κ1) is 15.4. The average Bonchev–Trinajstić information content (AvgIpc) is 2.48. The predicted octanol–water partition coefficient (Wildman–Crippen LogP) is 2.30. The number of benzene rings is 2. The number of rotatable bonds is 7. The molecule has 0 amide bonds. The molecule has 4 nitrogen and oxygen atoms in total.